The number of anilines is 1. The number of aromatic hydroxyl groups is 1. The van der Waals surface area contributed by atoms with Gasteiger partial charge in [0.2, 0.25) is 0 Å². The van der Waals surface area contributed by atoms with E-state index in [4.69, 9.17) is 4.74 Å². The van der Waals surface area contributed by atoms with E-state index in [1.807, 2.05) is 0 Å². The van der Waals surface area contributed by atoms with Crippen molar-refractivity contribution in [1.82, 2.24) is 4.90 Å². The molecule has 92 valence electrons. The van der Waals surface area contributed by atoms with Crippen LogP contribution in [-0.4, -0.2) is 42.3 Å². The summed E-state index contributed by atoms with van der Waals surface area (Å²) in [4.78, 5) is 13.5. The number of carbonyl (C=O) groups is 1. The summed E-state index contributed by atoms with van der Waals surface area (Å²) in [5.41, 5.74) is 0.571. The first-order valence-electron chi connectivity index (χ1n) is 5.29. The average molecular weight is 301 g/mol. The molecule has 1 aromatic carbocycles. The molecule has 6 heteroatoms. The van der Waals surface area contributed by atoms with Gasteiger partial charge in [-0.15, -0.1) is 0 Å². The quantitative estimate of drug-likeness (QED) is 0.834. The van der Waals surface area contributed by atoms with Gasteiger partial charge in [0.05, 0.1) is 17.7 Å². The molecule has 1 aliphatic rings. The molecule has 1 fully saturated rings. The third-order valence-electron chi connectivity index (χ3n) is 2.50. The minimum Gasteiger partial charge on any atom is -0.507 e. The van der Waals surface area contributed by atoms with Crippen molar-refractivity contribution < 1.29 is 14.6 Å². The van der Waals surface area contributed by atoms with Crippen LogP contribution in [0.4, 0.5) is 10.5 Å². The summed E-state index contributed by atoms with van der Waals surface area (Å²) < 4.78 is 5.77. The number of morpholine rings is 1. The Morgan fingerprint density at radius 1 is 1.41 bits per heavy atom. The fourth-order valence-corrected chi connectivity index (χ4v) is 1.81. The Morgan fingerprint density at radius 3 is 2.76 bits per heavy atom. The second-order valence-electron chi connectivity index (χ2n) is 3.70. The summed E-state index contributed by atoms with van der Waals surface area (Å²) >= 11 is 3.18. The van der Waals surface area contributed by atoms with Gasteiger partial charge in [-0.2, -0.15) is 0 Å². The van der Waals surface area contributed by atoms with Crippen LogP contribution in [0.15, 0.2) is 22.7 Å². The number of nitrogens with zero attached hydrogens (tertiary/aromatic N) is 1. The summed E-state index contributed by atoms with van der Waals surface area (Å²) in [6.45, 7) is 2.32. The highest BCUT2D eigenvalue weighted by molar-refractivity contribution is 9.10. The number of hydrogen-bond acceptors (Lipinski definition) is 3. The van der Waals surface area contributed by atoms with Gasteiger partial charge in [0.1, 0.15) is 5.75 Å². The molecule has 0 spiro atoms. The Kier molecular flexibility index (Phi) is 3.86. The molecule has 1 aromatic rings. The first kappa shape index (κ1) is 12.2. The average Bonchev–Trinajstić information content (AvgIpc) is 2.35. The number of amides is 2. The van der Waals surface area contributed by atoms with Crippen LogP contribution in [0.5, 0.6) is 5.75 Å². The van der Waals surface area contributed by atoms with Gasteiger partial charge in [0.15, 0.2) is 0 Å². The lowest BCUT2D eigenvalue weighted by atomic mass is 10.3. The van der Waals surface area contributed by atoms with Gasteiger partial charge in [-0.3, -0.25) is 0 Å². The largest absolute Gasteiger partial charge is 0.507 e. The lowest BCUT2D eigenvalue weighted by Crippen LogP contribution is -2.43. The molecular formula is C11H13BrN2O3. The van der Waals surface area contributed by atoms with Gasteiger partial charge in [-0.25, -0.2) is 4.79 Å². The third-order valence-corrected chi connectivity index (χ3v) is 3.17. The number of ether oxygens (including phenoxy) is 1. The maximum absolute atomic E-state index is 11.8. The zero-order valence-corrected chi connectivity index (χ0v) is 10.7. The molecule has 17 heavy (non-hydrogen) atoms. The molecule has 0 aromatic heterocycles. The van der Waals surface area contributed by atoms with E-state index in [1.54, 1.807) is 17.0 Å². The molecule has 0 unspecified atom stereocenters. The fraction of sp³-hybridized carbons (Fsp3) is 0.364. The fourth-order valence-electron chi connectivity index (χ4n) is 1.56. The van der Waals surface area contributed by atoms with E-state index in [2.05, 4.69) is 21.2 Å². The highest BCUT2D eigenvalue weighted by Gasteiger charge is 2.16. The number of urea groups is 1. The molecular weight excluding hydrogens is 288 g/mol. The second-order valence-corrected chi connectivity index (χ2v) is 4.55. The van der Waals surface area contributed by atoms with E-state index >= 15 is 0 Å². The van der Waals surface area contributed by atoms with Crippen LogP contribution in [0.2, 0.25) is 0 Å². The first-order valence-corrected chi connectivity index (χ1v) is 6.08. The number of halogens is 1. The number of hydrogen-bond donors (Lipinski definition) is 2. The summed E-state index contributed by atoms with van der Waals surface area (Å²) in [5.74, 6) is 0.102. The highest BCUT2D eigenvalue weighted by Crippen LogP contribution is 2.26. The molecule has 2 amide bonds. The van der Waals surface area contributed by atoms with E-state index in [0.717, 1.165) is 0 Å². The smallest absolute Gasteiger partial charge is 0.322 e. The predicted molar refractivity (Wildman–Crippen MR) is 67.2 cm³/mol. The van der Waals surface area contributed by atoms with Crippen molar-refractivity contribution in [3.8, 4) is 5.75 Å². The van der Waals surface area contributed by atoms with Gasteiger partial charge in [-0.1, -0.05) is 0 Å². The van der Waals surface area contributed by atoms with E-state index < -0.39 is 0 Å². The molecule has 2 N–H and O–H groups in total. The minimum atomic E-state index is -0.171. The third kappa shape index (κ3) is 3.10. The number of phenols is 1. The lowest BCUT2D eigenvalue weighted by molar-refractivity contribution is 0.0564. The van der Waals surface area contributed by atoms with Crippen LogP contribution >= 0.6 is 15.9 Å². The number of phenolic OH excluding ortho intramolecular Hbond substituents is 1. The normalized spacial score (nSPS) is 15.7. The maximum Gasteiger partial charge on any atom is 0.322 e. The van der Waals surface area contributed by atoms with Crippen molar-refractivity contribution in [1.29, 1.82) is 0 Å². The Balaban J connectivity index is 1.99. The van der Waals surface area contributed by atoms with Crippen LogP contribution < -0.4 is 5.32 Å². The lowest BCUT2D eigenvalue weighted by Gasteiger charge is -2.26. The minimum absolute atomic E-state index is 0.102. The van der Waals surface area contributed by atoms with Gasteiger partial charge >= 0.3 is 6.03 Å². The molecule has 1 heterocycles. The standard InChI is InChI=1S/C11H13BrN2O3/c12-9-2-1-8(7-10(9)15)13-11(16)14-3-5-17-6-4-14/h1-2,7,15H,3-6H2,(H,13,16). The van der Waals surface area contributed by atoms with Gasteiger partial charge < -0.3 is 20.1 Å². The molecule has 0 aliphatic carbocycles. The summed E-state index contributed by atoms with van der Waals surface area (Å²) in [6.07, 6.45) is 0. The molecule has 0 atom stereocenters. The Labute approximate surface area is 107 Å². The van der Waals surface area contributed by atoms with Crippen LogP contribution in [0, 0.1) is 0 Å². The van der Waals surface area contributed by atoms with E-state index in [0.29, 0.717) is 36.5 Å². The molecule has 0 saturated carbocycles. The van der Waals surface area contributed by atoms with Gasteiger partial charge in [0.25, 0.3) is 0 Å². The van der Waals surface area contributed by atoms with Crippen molar-refractivity contribution >= 4 is 27.6 Å². The number of carbonyl (C=O) groups excluding carboxylic acids is 1. The van der Waals surface area contributed by atoms with Crippen molar-refractivity contribution in [2.24, 2.45) is 0 Å². The van der Waals surface area contributed by atoms with Crippen LogP contribution in [0.25, 0.3) is 0 Å². The molecule has 0 bridgehead atoms. The topological polar surface area (TPSA) is 61.8 Å². The number of nitrogens with one attached hydrogen (secondary N) is 1. The molecule has 1 saturated heterocycles. The van der Waals surface area contributed by atoms with Crippen LogP contribution in [-0.2, 0) is 4.74 Å². The van der Waals surface area contributed by atoms with Gasteiger partial charge in [0, 0.05) is 24.8 Å². The molecule has 0 radical (unpaired) electrons. The van der Waals surface area contributed by atoms with E-state index in [-0.39, 0.29) is 11.8 Å². The SMILES string of the molecule is O=C(Nc1ccc(Br)c(O)c1)N1CCOCC1. The van der Waals surface area contributed by atoms with Crippen molar-refractivity contribution in [2.75, 3.05) is 31.6 Å². The molecule has 2 rings (SSSR count). The van der Waals surface area contributed by atoms with E-state index in [9.17, 15) is 9.90 Å². The van der Waals surface area contributed by atoms with Crippen LogP contribution in [0.1, 0.15) is 0 Å². The van der Waals surface area contributed by atoms with Crippen LogP contribution in [0.3, 0.4) is 0 Å². The Bertz CT molecular complexity index is 419. The summed E-state index contributed by atoms with van der Waals surface area (Å²) in [6, 6.07) is 4.74. The van der Waals surface area contributed by atoms with Crippen molar-refractivity contribution in [3.05, 3.63) is 22.7 Å². The van der Waals surface area contributed by atoms with Gasteiger partial charge in [-0.05, 0) is 28.1 Å². The predicted octanol–water partition coefficient (Wildman–Crippen LogP) is 2.02. The number of rotatable bonds is 1. The first-order chi connectivity index (χ1) is 8.16. The molecule has 5 nitrogen and oxygen atoms in total. The monoisotopic (exact) mass is 300 g/mol. The zero-order valence-electron chi connectivity index (χ0n) is 9.15. The second kappa shape index (κ2) is 5.37. The van der Waals surface area contributed by atoms with E-state index in [1.165, 1.54) is 6.07 Å². The summed E-state index contributed by atoms with van der Waals surface area (Å²) in [5, 5.41) is 12.2. The Hall–Kier alpha value is -1.27. The highest BCUT2D eigenvalue weighted by atomic mass is 79.9. The van der Waals surface area contributed by atoms with Crippen molar-refractivity contribution in [2.45, 2.75) is 0 Å². The zero-order chi connectivity index (χ0) is 12.3. The van der Waals surface area contributed by atoms with Crippen molar-refractivity contribution in [3.63, 3.8) is 0 Å². The Morgan fingerprint density at radius 2 is 2.12 bits per heavy atom. The number of benzene rings is 1. The molecule has 1 aliphatic heterocycles. The summed E-state index contributed by atoms with van der Waals surface area (Å²) in [7, 11) is 0. The maximum atomic E-state index is 11.8.